The zero-order valence-corrected chi connectivity index (χ0v) is 14.6. The molecule has 0 spiro atoms. The minimum atomic E-state index is 0. The first-order valence-electron chi connectivity index (χ1n) is 7.65. The molecule has 1 heterocycles. The van der Waals surface area contributed by atoms with E-state index < -0.39 is 0 Å². The Kier molecular flexibility index (Phi) is 8.79. The largest absolute Gasteiger partial charge is 0.340 e. The summed E-state index contributed by atoms with van der Waals surface area (Å²) in [6.45, 7) is 8.08. The van der Waals surface area contributed by atoms with E-state index in [4.69, 9.17) is 11.6 Å². The smallest absolute Gasteiger partial charge is 0.223 e. The van der Waals surface area contributed by atoms with Crippen molar-refractivity contribution in [3.05, 3.63) is 34.9 Å². The summed E-state index contributed by atoms with van der Waals surface area (Å²) in [5, 5.41) is 4.06. The van der Waals surface area contributed by atoms with Gasteiger partial charge in [0, 0.05) is 50.7 Å². The summed E-state index contributed by atoms with van der Waals surface area (Å²) in [6.07, 6.45) is 0.582. The Bertz CT molecular complexity index is 464. The van der Waals surface area contributed by atoms with Crippen molar-refractivity contribution in [3.63, 3.8) is 0 Å². The number of halogens is 2. The molecule has 0 radical (unpaired) electrons. The lowest BCUT2D eigenvalue weighted by Crippen LogP contribution is -2.47. The van der Waals surface area contributed by atoms with E-state index in [2.05, 4.69) is 17.1 Å². The Balaban J connectivity index is 0.00000242. The number of benzene rings is 1. The van der Waals surface area contributed by atoms with Gasteiger partial charge in [0.2, 0.25) is 5.91 Å². The first-order valence-corrected chi connectivity index (χ1v) is 8.02. The molecule has 1 amide bonds. The van der Waals surface area contributed by atoms with Crippen molar-refractivity contribution in [2.75, 3.05) is 39.3 Å². The van der Waals surface area contributed by atoms with E-state index in [0.717, 1.165) is 56.4 Å². The molecule has 1 aliphatic rings. The zero-order valence-electron chi connectivity index (χ0n) is 13.1. The molecule has 0 aliphatic carbocycles. The van der Waals surface area contributed by atoms with Gasteiger partial charge in [-0.15, -0.1) is 12.4 Å². The highest BCUT2D eigenvalue weighted by molar-refractivity contribution is 6.31. The molecule has 0 saturated carbocycles. The molecule has 0 aromatic heterocycles. The minimum Gasteiger partial charge on any atom is -0.340 e. The highest BCUT2D eigenvalue weighted by atomic mass is 35.5. The third-order valence-electron chi connectivity index (χ3n) is 3.91. The van der Waals surface area contributed by atoms with Crippen molar-refractivity contribution in [1.29, 1.82) is 0 Å². The van der Waals surface area contributed by atoms with E-state index in [1.807, 2.05) is 29.2 Å². The number of carbonyl (C=O) groups is 1. The number of nitrogens with one attached hydrogen (secondary N) is 1. The van der Waals surface area contributed by atoms with Gasteiger partial charge in [-0.2, -0.15) is 0 Å². The zero-order chi connectivity index (χ0) is 15.1. The highest BCUT2D eigenvalue weighted by Gasteiger charge is 2.17. The summed E-state index contributed by atoms with van der Waals surface area (Å²) < 4.78 is 0. The molecule has 1 N–H and O–H groups in total. The number of rotatable bonds is 6. The molecule has 22 heavy (non-hydrogen) atoms. The fourth-order valence-electron chi connectivity index (χ4n) is 2.54. The number of piperazine rings is 1. The normalized spacial score (nSPS) is 14.8. The second-order valence-corrected chi connectivity index (χ2v) is 5.75. The summed E-state index contributed by atoms with van der Waals surface area (Å²) in [7, 11) is 0. The van der Waals surface area contributed by atoms with Gasteiger partial charge in [-0.25, -0.2) is 0 Å². The van der Waals surface area contributed by atoms with Crippen molar-refractivity contribution in [1.82, 2.24) is 15.1 Å². The van der Waals surface area contributed by atoms with Crippen LogP contribution in [0.2, 0.25) is 5.02 Å². The Morgan fingerprint density at radius 1 is 1.32 bits per heavy atom. The molecule has 124 valence electrons. The molecule has 0 bridgehead atoms. The molecular weight excluding hydrogens is 321 g/mol. The number of nitrogens with zero attached hydrogens (tertiary/aromatic N) is 2. The van der Waals surface area contributed by atoms with Gasteiger partial charge in [0.15, 0.2) is 0 Å². The lowest BCUT2D eigenvalue weighted by molar-refractivity contribution is -0.132. The molecule has 1 aromatic carbocycles. The Hall–Kier alpha value is -0.810. The number of hydrogen-bond donors (Lipinski definition) is 1. The van der Waals surface area contributed by atoms with Gasteiger partial charge in [-0.1, -0.05) is 36.7 Å². The Morgan fingerprint density at radius 3 is 2.64 bits per heavy atom. The van der Waals surface area contributed by atoms with Crippen LogP contribution < -0.4 is 5.32 Å². The van der Waals surface area contributed by atoms with Crippen LogP contribution in [-0.4, -0.2) is 55.0 Å². The van der Waals surface area contributed by atoms with Crippen molar-refractivity contribution < 1.29 is 4.79 Å². The summed E-state index contributed by atoms with van der Waals surface area (Å²) in [5.74, 6) is 0.258. The van der Waals surface area contributed by atoms with Crippen LogP contribution in [0.5, 0.6) is 0 Å². The molecule has 0 unspecified atom stereocenters. The molecule has 1 saturated heterocycles. The average Bonchev–Trinajstić information content (AvgIpc) is 2.53. The Morgan fingerprint density at radius 2 is 2.00 bits per heavy atom. The van der Waals surface area contributed by atoms with Crippen molar-refractivity contribution in [3.8, 4) is 0 Å². The van der Waals surface area contributed by atoms with E-state index >= 15 is 0 Å². The first kappa shape index (κ1) is 19.2. The summed E-state index contributed by atoms with van der Waals surface area (Å²) >= 11 is 6.20. The fourth-order valence-corrected chi connectivity index (χ4v) is 2.74. The maximum Gasteiger partial charge on any atom is 0.223 e. The van der Waals surface area contributed by atoms with Gasteiger partial charge in [0.1, 0.15) is 0 Å². The van der Waals surface area contributed by atoms with E-state index in [9.17, 15) is 4.79 Å². The molecule has 0 atom stereocenters. The van der Waals surface area contributed by atoms with Crippen molar-refractivity contribution in [2.45, 2.75) is 19.9 Å². The van der Waals surface area contributed by atoms with Crippen molar-refractivity contribution >= 4 is 29.9 Å². The molecule has 1 aromatic rings. The fraction of sp³-hybridized carbons (Fsp3) is 0.562. The van der Waals surface area contributed by atoms with Crippen LogP contribution in [0.1, 0.15) is 18.9 Å². The van der Waals surface area contributed by atoms with Gasteiger partial charge < -0.3 is 10.2 Å². The summed E-state index contributed by atoms with van der Waals surface area (Å²) in [4.78, 5) is 16.4. The lowest BCUT2D eigenvalue weighted by atomic mass is 10.2. The van der Waals surface area contributed by atoms with Crippen LogP contribution in [0.25, 0.3) is 0 Å². The summed E-state index contributed by atoms with van der Waals surface area (Å²) in [6, 6.07) is 7.90. The standard InChI is InChI=1S/C16H24ClN3O.ClH/c1-2-19(13-14-5-3-4-6-15(14)17)10-7-16(21)20-11-8-18-9-12-20;/h3-6,18H,2,7-13H2,1H3;1H. The highest BCUT2D eigenvalue weighted by Crippen LogP contribution is 2.17. The lowest BCUT2D eigenvalue weighted by Gasteiger charge is -2.28. The molecule has 4 nitrogen and oxygen atoms in total. The molecular formula is C16H25Cl2N3O. The average molecular weight is 346 g/mol. The Labute approximate surface area is 144 Å². The third-order valence-corrected chi connectivity index (χ3v) is 4.28. The van der Waals surface area contributed by atoms with Gasteiger partial charge in [-0.3, -0.25) is 9.69 Å². The summed E-state index contributed by atoms with van der Waals surface area (Å²) in [5.41, 5.74) is 1.12. The second-order valence-electron chi connectivity index (χ2n) is 5.34. The van der Waals surface area contributed by atoms with E-state index in [0.29, 0.717) is 6.42 Å². The van der Waals surface area contributed by atoms with Crippen LogP contribution in [-0.2, 0) is 11.3 Å². The van der Waals surface area contributed by atoms with Gasteiger partial charge in [0.25, 0.3) is 0 Å². The van der Waals surface area contributed by atoms with E-state index in [-0.39, 0.29) is 18.3 Å². The van der Waals surface area contributed by atoms with Gasteiger partial charge >= 0.3 is 0 Å². The van der Waals surface area contributed by atoms with Gasteiger partial charge in [-0.05, 0) is 18.2 Å². The van der Waals surface area contributed by atoms with Crippen molar-refractivity contribution in [2.24, 2.45) is 0 Å². The molecule has 1 fully saturated rings. The third kappa shape index (κ3) is 5.76. The number of hydrogen-bond acceptors (Lipinski definition) is 3. The predicted molar refractivity (Wildman–Crippen MR) is 93.7 cm³/mol. The molecule has 6 heteroatoms. The van der Waals surface area contributed by atoms with E-state index in [1.165, 1.54) is 0 Å². The maximum absolute atomic E-state index is 12.2. The quantitative estimate of drug-likeness (QED) is 0.859. The van der Waals surface area contributed by atoms with Crippen LogP contribution in [0.15, 0.2) is 24.3 Å². The predicted octanol–water partition coefficient (Wildman–Crippen LogP) is 2.41. The van der Waals surface area contributed by atoms with Crippen LogP contribution in [0, 0.1) is 0 Å². The van der Waals surface area contributed by atoms with Crippen LogP contribution >= 0.6 is 24.0 Å². The monoisotopic (exact) mass is 345 g/mol. The maximum atomic E-state index is 12.2. The van der Waals surface area contributed by atoms with E-state index in [1.54, 1.807) is 0 Å². The minimum absolute atomic E-state index is 0. The van der Waals surface area contributed by atoms with Crippen LogP contribution in [0.3, 0.4) is 0 Å². The second kappa shape index (κ2) is 10.1. The van der Waals surface area contributed by atoms with Crippen LogP contribution in [0.4, 0.5) is 0 Å². The van der Waals surface area contributed by atoms with Gasteiger partial charge in [0.05, 0.1) is 0 Å². The number of carbonyl (C=O) groups excluding carboxylic acids is 1. The number of amides is 1. The molecule has 2 rings (SSSR count). The SMILES string of the molecule is CCN(CCC(=O)N1CCNCC1)Cc1ccccc1Cl.Cl. The first-order chi connectivity index (χ1) is 10.2. The molecule has 1 aliphatic heterocycles. The topological polar surface area (TPSA) is 35.6 Å².